The summed E-state index contributed by atoms with van der Waals surface area (Å²) in [7, 11) is 0. The molecule has 18 heavy (non-hydrogen) atoms. The lowest BCUT2D eigenvalue weighted by Gasteiger charge is -1.98. The van der Waals surface area contributed by atoms with E-state index in [1.54, 1.807) is 0 Å². The average Bonchev–Trinajstić information content (AvgIpc) is 2.92. The molecule has 0 aromatic carbocycles. The molecule has 0 amide bonds. The van der Waals surface area contributed by atoms with Crippen LogP contribution in [-0.2, 0) is 6.54 Å². The SMILES string of the molecule is Cc1nc(Sc2nc3ccccn3c2CN)n[nH]1. The van der Waals surface area contributed by atoms with Crippen molar-refractivity contribution in [3.63, 3.8) is 0 Å². The average molecular weight is 260 g/mol. The van der Waals surface area contributed by atoms with Gasteiger partial charge in [0.1, 0.15) is 16.5 Å². The zero-order chi connectivity index (χ0) is 12.5. The number of fused-ring (bicyclic) bond motifs is 1. The highest BCUT2D eigenvalue weighted by molar-refractivity contribution is 7.99. The topological polar surface area (TPSA) is 84.9 Å². The number of aromatic amines is 1. The molecule has 3 aromatic heterocycles. The first-order valence-corrected chi connectivity index (χ1v) is 6.32. The molecule has 0 radical (unpaired) electrons. The summed E-state index contributed by atoms with van der Waals surface area (Å²) >= 11 is 1.42. The smallest absolute Gasteiger partial charge is 0.214 e. The van der Waals surface area contributed by atoms with Gasteiger partial charge in [-0.3, -0.25) is 5.10 Å². The number of nitrogens with zero attached hydrogens (tertiary/aromatic N) is 4. The number of hydrogen-bond donors (Lipinski definition) is 2. The molecule has 0 atom stereocenters. The lowest BCUT2D eigenvalue weighted by molar-refractivity contribution is 0.913. The summed E-state index contributed by atoms with van der Waals surface area (Å²) in [5, 5.41) is 8.41. The van der Waals surface area contributed by atoms with E-state index in [4.69, 9.17) is 5.73 Å². The Morgan fingerprint density at radius 2 is 2.28 bits per heavy atom. The fraction of sp³-hybridized carbons (Fsp3) is 0.182. The molecule has 3 rings (SSSR count). The maximum Gasteiger partial charge on any atom is 0.214 e. The second kappa shape index (κ2) is 4.43. The van der Waals surface area contributed by atoms with E-state index in [-0.39, 0.29) is 0 Å². The standard InChI is InChI=1S/C11H12N6S/c1-7-13-11(16-15-7)18-10-8(6-12)17-5-3-2-4-9(17)14-10/h2-5H,6,12H2,1H3,(H,13,15,16). The van der Waals surface area contributed by atoms with Gasteiger partial charge >= 0.3 is 0 Å². The molecule has 3 heterocycles. The Kier molecular flexibility index (Phi) is 2.77. The molecule has 0 aliphatic carbocycles. The van der Waals surface area contributed by atoms with Gasteiger partial charge in [-0.05, 0) is 30.8 Å². The number of hydrogen-bond acceptors (Lipinski definition) is 5. The normalized spacial score (nSPS) is 11.2. The minimum atomic E-state index is 0.427. The third-order valence-corrected chi connectivity index (χ3v) is 3.44. The molecule has 0 unspecified atom stereocenters. The highest BCUT2D eigenvalue weighted by Crippen LogP contribution is 2.27. The summed E-state index contributed by atoms with van der Waals surface area (Å²) in [5.74, 6) is 0.788. The zero-order valence-electron chi connectivity index (χ0n) is 9.79. The summed E-state index contributed by atoms with van der Waals surface area (Å²) in [6, 6.07) is 5.86. The van der Waals surface area contributed by atoms with Crippen LogP contribution in [0.5, 0.6) is 0 Å². The Hall–Kier alpha value is -1.86. The van der Waals surface area contributed by atoms with Gasteiger partial charge in [-0.25, -0.2) is 9.97 Å². The minimum absolute atomic E-state index is 0.427. The van der Waals surface area contributed by atoms with E-state index in [0.29, 0.717) is 11.7 Å². The fourth-order valence-electron chi connectivity index (χ4n) is 1.75. The summed E-state index contributed by atoms with van der Waals surface area (Å²) < 4.78 is 1.99. The summed E-state index contributed by atoms with van der Waals surface area (Å²) in [4.78, 5) is 8.80. The van der Waals surface area contributed by atoms with Gasteiger partial charge in [0, 0.05) is 12.7 Å². The van der Waals surface area contributed by atoms with Crippen molar-refractivity contribution in [1.82, 2.24) is 24.6 Å². The predicted octanol–water partition coefficient (Wildman–Crippen LogP) is 1.37. The first kappa shape index (κ1) is 11.2. The van der Waals surface area contributed by atoms with Crippen molar-refractivity contribution in [3.05, 3.63) is 35.9 Å². The lowest BCUT2D eigenvalue weighted by atomic mass is 10.4. The van der Waals surface area contributed by atoms with Crippen LogP contribution in [0.15, 0.2) is 34.6 Å². The number of nitrogens with one attached hydrogen (secondary N) is 1. The number of pyridine rings is 1. The lowest BCUT2D eigenvalue weighted by Crippen LogP contribution is -2.01. The Labute approximate surface area is 108 Å². The van der Waals surface area contributed by atoms with Gasteiger partial charge in [-0.1, -0.05) is 6.07 Å². The minimum Gasteiger partial charge on any atom is -0.325 e. The number of rotatable bonds is 3. The third-order valence-electron chi connectivity index (χ3n) is 2.55. The number of imidazole rings is 1. The second-order valence-electron chi connectivity index (χ2n) is 3.80. The molecular weight excluding hydrogens is 248 g/mol. The zero-order valence-corrected chi connectivity index (χ0v) is 10.6. The largest absolute Gasteiger partial charge is 0.325 e. The highest BCUT2D eigenvalue weighted by atomic mass is 32.2. The molecule has 3 aromatic rings. The number of H-pyrrole nitrogens is 1. The van der Waals surface area contributed by atoms with E-state index in [0.717, 1.165) is 22.2 Å². The molecule has 0 bridgehead atoms. The maximum atomic E-state index is 5.80. The van der Waals surface area contributed by atoms with Crippen molar-refractivity contribution < 1.29 is 0 Å². The third kappa shape index (κ3) is 1.87. The van der Waals surface area contributed by atoms with E-state index in [1.165, 1.54) is 11.8 Å². The molecule has 6 nitrogen and oxygen atoms in total. The Balaban J connectivity index is 2.05. The monoisotopic (exact) mass is 260 g/mol. The number of nitrogens with two attached hydrogens (primary N) is 1. The first-order chi connectivity index (χ1) is 8.78. The van der Waals surface area contributed by atoms with Crippen LogP contribution in [0.1, 0.15) is 11.5 Å². The predicted molar refractivity (Wildman–Crippen MR) is 68.3 cm³/mol. The van der Waals surface area contributed by atoms with Gasteiger partial charge in [-0.15, -0.1) is 5.10 Å². The van der Waals surface area contributed by atoms with Gasteiger partial charge in [0.15, 0.2) is 0 Å². The van der Waals surface area contributed by atoms with E-state index < -0.39 is 0 Å². The van der Waals surface area contributed by atoms with Crippen LogP contribution in [0.3, 0.4) is 0 Å². The molecule has 0 saturated carbocycles. The van der Waals surface area contributed by atoms with E-state index >= 15 is 0 Å². The van der Waals surface area contributed by atoms with Crippen molar-refractivity contribution in [3.8, 4) is 0 Å². The van der Waals surface area contributed by atoms with Crippen molar-refractivity contribution in [2.45, 2.75) is 23.7 Å². The number of aryl methyl sites for hydroxylation is 1. The van der Waals surface area contributed by atoms with Crippen LogP contribution in [-0.4, -0.2) is 24.6 Å². The molecule has 0 aliphatic heterocycles. The van der Waals surface area contributed by atoms with Crippen molar-refractivity contribution in [1.29, 1.82) is 0 Å². The summed E-state index contributed by atoms with van der Waals surface area (Å²) in [6.07, 6.45) is 1.96. The van der Waals surface area contributed by atoms with Crippen molar-refractivity contribution in [2.24, 2.45) is 5.73 Å². The molecule has 0 saturated heterocycles. The summed E-state index contributed by atoms with van der Waals surface area (Å²) in [6.45, 7) is 2.29. The van der Waals surface area contributed by atoms with E-state index in [2.05, 4.69) is 20.2 Å². The van der Waals surface area contributed by atoms with E-state index in [9.17, 15) is 0 Å². The second-order valence-corrected chi connectivity index (χ2v) is 4.76. The Bertz CT molecular complexity index is 686. The molecule has 0 fully saturated rings. The van der Waals surface area contributed by atoms with Gasteiger partial charge in [-0.2, -0.15) is 0 Å². The molecule has 7 heteroatoms. The van der Waals surface area contributed by atoms with Crippen LogP contribution in [0.25, 0.3) is 5.65 Å². The molecule has 3 N–H and O–H groups in total. The highest BCUT2D eigenvalue weighted by Gasteiger charge is 2.13. The van der Waals surface area contributed by atoms with Gasteiger partial charge < -0.3 is 10.1 Å². The van der Waals surface area contributed by atoms with E-state index in [1.807, 2.05) is 35.7 Å². The van der Waals surface area contributed by atoms with Crippen LogP contribution in [0.2, 0.25) is 0 Å². The van der Waals surface area contributed by atoms with Gasteiger partial charge in [0.25, 0.3) is 0 Å². The first-order valence-electron chi connectivity index (χ1n) is 5.51. The van der Waals surface area contributed by atoms with Crippen LogP contribution < -0.4 is 5.73 Å². The number of aromatic nitrogens is 5. The van der Waals surface area contributed by atoms with Crippen LogP contribution in [0.4, 0.5) is 0 Å². The Morgan fingerprint density at radius 1 is 1.39 bits per heavy atom. The molecule has 0 spiro atoms. The summed E-state index contributed by atoms with van der Waals surface area (Å²) in [5.41, 5.74) is 7.65. The van der Waals surface area contributed by atoms with Crippen LogP contribution >= 0.6 is 11.8 Å². The Morgan fingerprint density at radius 3 is 3.00 bits per heavy atom. The van der Waals surface area contributed by atoms with Gasteiger partial charge in [0.05, 0.1) is 5.69 Å². The van der Waals surface area contributed by atoms with Crippen molar-refractivity contribution >= 4 is 17.4 Å². The van der Waals surface area contributed by atoms with Crippen LogP contribution in [0, 0.1) is 6.92 Å². The molecule has 0 aliphatic rings. The maximum absolute atomic E-state index is 5.80. The molecular formula is C11H12N6S. The molecule has 92 valence electrons. The van der Waals surface area contributed by atoms with Gasteiger partial charge in [0.2, 0.25) is 5.16 Å². The fourth-order valence-corrected chi connectivity index (χ4v) is 2.63. The van der Waals surface area contributed by atoms with Crippen molar-refractivity contribution in [2.75, 3.05) is 0 Å². The quantitative estimate of drug-likeness (QED) is 0.743.